The molecule has 0 aromatic carbocycles. The predicted molar refractivity (Wildman–Crippen MR) is 85.5 cm³/mol. The van der Waals surface area contributed by atoms with E-state index < -0.39 is 17.6 Å². The molecule has 10 heteroatoms. The standard InChI is InChI=1S/C16H15F4N5O/c17-12-3-11(16(18,19)20)4-21-15(12)25-7-9-5-24(6-10(9)8-25)13-1-2-14(26)23-22-13/h1-4,9-10H,5-8H2,(H,23,26). The van der Waals surface area contributed by atoms with Crippen molar-refractivity contribution >= 4 is 11.6 Å². The first-order chi connectivity index (χ1) is 12.3. The molecule has 26 heavy (non-hydrogen) atoms. The summed E-state index contributed by atoms with van der Waals surface area (Å²) in [6, 6.07) is 3.55. The number of hydrogen-bond donors (Lipinski definition) is 1. The third-order valence-electron chi connectivity index (χ3n) is 4.92. The second kappa shape index (κ2) is 5.96. The van der Waals surface area contributed by atoms with Crippen molar-refractivity contribution in [1.82, 2.24) is 15.2 Å². The number of pyridine rings is 1. The molecule has 2 saturated heterocycles. The fourth-order valence-electron chi connectivity index (χ4n) is 3.68. The van der Waals surface area contributed by atoms with Gasteiger partial charge in [0.25, 0.3) is 5.56 Å². The van der Waals surface area contributed by atoms with Gasteiger partial charge in [-0.05, 0) is 12.1 Å². The van der Waals surface area contributed by atoms with Gasteiger partial charge in [-0.15, -0.1) is 0 Å². The Kier molecular flexibility index (Phi) is 3.85. The lowest BCUT2D eigenvalue weighted by molar-refractivity contribution is -0.138. The molecule has 6 nitrogen and oxygen atoms in total. The number of aromatic amines is 1. The van der Waals surface area contributed by atoms with Gasteiger partial charge in [-0.2, -0.15) is 18.3 Å². The van der Waals surface area contributed by atoms with E-state index in [-0.39, 0.29) is 23.2 Å². The van der Waals surface area contributed by atoms with E-state index in [1.807, 2.05) is 4.90 Å². The molecule has 0 saturated carbocycles. The summed E-state index contributed by atoms with van der Waals surface area (Å²) >= 11 is 0. The normalized spacial score (nSPS) is 22.8. The average Bonchev–Trinajstić information content (AvgIpc) is 3.13. The van der Waals surface area contributed by atoms with E-state index in [4.69, 9.17) is 0 Å². The Morgan fingerprint density at radius 2 is 1.73 bits per heavy atom. The molecule has 2 aromatic rings. The lowest BCUT2D eigenvalue weighted by Crippen LogP contribution is -2.30. The molecule has 0 radical (unpaired) electrons. The van der Waals surface area contributed by atoms with E-state index in [0.29, 0.717) is 44.3 Å². The first-order valence-corrected chi connectivity index (χ1v) is 8.09. The topological polar surface area (TPSA) is 65.1 Å². The number of aromatic nitrogens is 3. The van der Waals surface area contributed by atoms with E-state index in [9.17, 15) is 22.4 Å². The highest BCUT2D eigenvalue weighted by Gasteiger charge is 2.42. The van der Waals surface area contributed by atoms with E-state index in [2.05, 4.69) is 15.2 Å². The summed E-state index contributed by atoms with van der Waals surface area (Å²) in [7, 11) is 0. The average molecular weight is 369 g/mol. The summed E-state index contributed by atoms with van der Waals surface area (Å²) in [6.45, 7) is 2.39. The molecule has 0 aliphatic carbocycles. The van der Waals surface area contributed by atoms with Crippen molar-refractivity contribution < 1.29 is 17.6 Å². The Bertz CT molecular complexity index is 849. The molecule has 0 amide bonds. The number of fused-ring (bicyclic) bond motifs is 1. The van der Waals surface area contributed by atoms with Gasteiger partial charge in [0.05, 0.1) is 5.56 Å². The molecule has 2 atom stereocenters. The molecule has 2 unspecified atom stereocenters. The molecule has 1 N–H and O–H groups in total. The molecule has 2 aliphatic rings. The van der Waals surface area contributed by atoms with Crippen LogP contribution in [0.15, 0.2) is 29.2 Å². The van der Waals surface area contributed by atoms with Crippen LogP contribution in [0.25, 0.3) is 0 Å². The maximum absolute atomic E-state index is 14.1. The van der Waals surface area contributed by atoms with Crippen LogP contribution in [0.4, 0.5) is 29.2 Å². The summed E-state index contributed by atoms with van der Waals surface area (Å²) in [6.07, 6.45) is -3.94. The van der Waals surface area contributed by atoms with Gasteiger partial charge in [-0.3, -0.25) is 4.79 Å². The summed E-state index contributed by atoms with van der Waals surface area (Å²) in [5.74, 6) is 0.129. The quantitative estimate of drug-likeness (QED) is 0.820. The SMILES string of the molecule is O=c1ccc(N2CC3CN(c4ncc(C(F)(F)F)cc4F)CC3C2)n[nH]1. The second-order valence-electron chi connectivity index (χ2n) is 6.64. The van der Waals surface area contributed by atoms with Crippen LogP contribution in [0, 0.1) is 17.7 Å². The zero-order valence-corrected chi connectivity index (χ0v) is 13.5. The number of nitrogens with one attached hydrogen (secondary N) is 1. The third kappa shape index (κ3) is 2.99. The zero-order valence-electron chi connectivity index (χ0n) is 13.5. The number of rotatable bonds is 2. The van der Waals surface area contributed by atoms with E-state index in [1.165, 1.54) is 6.07 Å². The van der Waals surface area contributed by atoms with E-state index in [1.54, 1.807) is 11.0 Å². The van der Waals surface area contributed by atoms with Gasteiger partial charge in [0, 0.05) is 50.3 Å². The van der Waals surface area contributed by atoms with Gasteiger partial charge in [0.1, 0.15) is 5.82 Å². The number of alkyl halides is 3. The summed E-state index contributed by atoms with van der Waals surface area (Å²) in [5.41, 5.74) is -1.36. The van der Waals surface area contributed by atoms with Crippen molar-refractivity contribution in [3.8, 4) is 0 Å². The van der Waals surface area contributed by atoms with E-state index >= 15 is 0 Å². The second-order valence-corrected chi connectivity index (χ2v) is 6.64. The van der Waals surface area contributed by atoms with Crippen LogP contribution in [0.3, 0.4) is 0 Å². The molecular formula is C16H15F4N5O. The highest BCUT2D eigenvalue weighted by molar-refractivity contribution is 5.46. The largest absolute Gasteiger partial charge is 0.417 e. The highest BCUT2D eigenvalue weighted by atomic mass is 19.4. The maximum Gasteiger partial charge on any atom is 0.417 e. The molecule has 4 heterocycles. The van der Waals surface area contributed by atoms with Crippen molar-refractivity contribution in [2.24, 2.45) is 11.8 Å². The minimum Gasteiger partial charge on any atom is -0.354 e. The van der Waals surface area contributed by atoms with E-state index in [0.717, 1.165) is 0 Å². The lowest BCUT2D eigenvalue weighted by atomic mass is 10.0. The molecule has 2 aromatic heterocycles. The Balaban J connectivity index is 1.46. The summed E-state index contributed by atoms with van der Waals surface area (Å²) in [5, 5.41) is 6.40. The first-order valence-electron chi connectivity index (χ1n) is 8.09. The van der Waals surface area contributed by atoms with Crippen molar-refractivity contribution in [2.45, 2.75) is 6.18 Å². The number of nitrogens with zero attached hydrogens (tertiary/aromatic N) is 4. The molecular weight excluding hydrogens is 354 g/mol. The number of hydrogen-bond acceptors (Lipinski definition) is 5. The van der Waals surface area contributed by atoms with Crippen LogP contribution in [0.1, 0.15) is 5.56 Å². The molecule has 138 valence electrons. The van der Waals surface area contributed by atoms with Gasteiger partial charge < -0.3 is 9.80 Å². The van der Waals surface area contributed by atoms with Crippen LogP contribution in [-0.4, -0.2) is 41.4 Å². The highest BCUT2D eigenvalue weighted by Crippen LogP contribution is 2.36. The fourth-order valence-corrected chi connectivity index (χ4v) is 3.68. The molecule has 2 fully saturated rings. The summed E-state index contributed by atoms with van der Waals surface area (Å²) < 4.78 is 52.0. The Morgan fingerprint density at radius 1 is 1.08 bits per heavy atom. The van der Waals surface area contributed by atoms with Crippen LogP contribution >= 0.6 is 0 Å². The van der Waals surface area contributed by atoms with Crippen LogP contribution in [0.5, 0.6) is 0 Å². The van der Waals surface area contributed by atoms with Crippen LogP contribution < -0.4 is 15.4 Å². The smallest absolute Gasteiger partial charge is 0.354 e. The van der Waals surface area contributed by atoms with Crippen molar-refractivity contribution in [1.29, 1.82) is 0 Å². The van der Waals surface area contributed by atoms with Crippen molar-refractivity contribution in [3.05, 3.63) is 46.1 Å². The lowest BCUT2D eigenvalue weighted by Gasteiger charge is -2.23. The third-order valence-corrected chi connectivity index (χ3v) is 4.92. The predicted octanol–water partition coefficient (Wildman–Crippen LogP) is 1.90. The minimum absolute atomic E-state index is 0.0406. The first kappa shape index (κ1) is 16.8. The molecule has 0 bridgehead atoms. The summed E-state index contributed by atoms with van der Waals surface area (Å²) in [4.78, 5) is 18.5. The number of halogens is 4. The Labute approximate surface area is 145 Å². The van der Waals surface area contributed by atoms with Gasteiger partial charge in [0.2, 0.25) is 0 Å². The zero-order chi connectivity index (χ0) is 18.5. The number of anilines is 2. The van der Waals surface area contributed by atoms with Gasteiger partial charge in [-0.1, -0.05) is 0 Å². The van der Waals surface area contributed by atoms with Crippen molar-refractivity contribution in [2.75, 3.05) is 36.0 Å². The van der Waals surface area contributed by atoms with Crippen LogP contribution in [-0.2, 0) is 6.18 Å². The minimum atomic E-state index is -4.61. The molecule has 2 aliphatic heterocycles. The Morgan fingerprint density at radius 3 is 2.27 bits per heavy atom. The number of H-pyrrole nitrogens is 1. The Hall–Kier alpha value is -2.65. The maximum atomic E-state index is 14.1. The van der Waals surface area contributed by atoms with Gasteiger partial charge in [-0.25, -0.2) is 14.5 Å². The van der Waals surface area contributed by atoms with Gasteiger partial charge in [0.15, 0.2) is 11.6 Å². The van der Waals surface area contributed by atoms with Crippen LogP contribution in [0.2, 0.25) is 0 Å². The molecule has 4 rings (SSSR count). The molecule has 0 spiro atoms. The monoisotopic (exact) mass is 369 g/mol. The van der Waals surface area contributed by atoms with Crippen molar-refractivity contribution in [3.63, 3.8) is 0 Å². The fraction of sp³-hybridized carbons (Fsp3) is 0.438. The van der Waals surface area contributed by atoms with Gasteiger partial charge >= 0.3 is 6.18 Å².